The maximum absolute atomic E-state index is 12.9. The number of hydrogen-bond acceptors (Lipinski definition) is 4. The number of nitrogens with one attached hydrogen (secondary N) is 1. The molecule has 0 bridgehead atoms. The predicted molar refractivity (Wildman–Crippen MR) is 99.2 cm³/mol. The van der Waals surface area contributed by atoms with E-state index in [0.717, 1.165) is 17.7 Å². The van der Waals surface area contributed by atoms with Crippen LogP contribution in [0.25, 0.3) is 5.70 Å². The summed E-state index contributed by atoms with van der Waals surface area (Å²) >= 11 is 0. The molecule has 0 atom stereocenters. The maximum atomic E-state index is 12.9. The molecule has 4 nitrogen and oxygen atoms in total. The normalized spacial score (nSPS) is 16.7. The molecule has 2 aromatic carbocycles. The first-order chi connectivity index (χ1) is 11.9. The number of allylic oxidation sites excluding steroid dienone is 1. The van der Waals surface area contributed by atoms with Crippen LogP contribution in [0.2, 0.25) is 0 Å². The molecule has 4 heteroatoms. The zero-order chi connectivity index (χ0) is 18.0. The Kier molecular flexibility index (Phi) is 4.53. The Hall–Kier alpha value is -2.75. The molecule has 0 saturated heterocycles. The van der Waals surface area contributed by atoms with Crippen LogP contribution in [0.3, 0.4) is 0 Å². The van der Waals surface area contributed by atoms with Gasteiger partial charge in [-0.1, -0.05) is 24.3 Å². The average molecular weight is 337 g/mol. The minimum absolute atomic E-state index is 0.102. The summed E-state index contributed by atoms with van der Waals surface area (Å²) in [6.45, 7) is 4.27. The standard InChI is InChI=1S/C21H23NO3/c1-21(2)13-14-7-5-6-8-16(14)18(22-21)12-19(23)17-10-9-15(24-3)11-20(17)25-4/h5-12,22H,13H2,1-4H3/b18-12-. The fourth-order valence-electron chi connectivity index (χ4n) is 3.21. The van der Waals surface area contributed by atoms with Crippen molar-refractivity contribution in [3.05, 3.63) is 65.2 Å². The zero-order valence-electron chi connectivity index (χ0n) is 15.1. The van der Waals surface area contributed by atoms with Crippen LogP contribution in [-0.4, -0.2) is 25.5 Å². The van der Waals surface area contributed by atoms with Crippen LogP contribution < -0.4 is 14.8 Å². The van der Waals surface area contributed by atoms with E-state index in [4.69, 9.17) is 9.47 Å². The molecule has 0 amide bonds. The summed E-state index contributed by atoms with van der Waals surface area (Å²) in [5.41, 5.74) is 3.56. The van der Waals surface area contributed by atoms with E-state index in [0.29, 0.717) is 17.1 Å². The molecule has 2 aromatic rings. The van der Waals surface area contributed by atoms with Crippen molar-refractivity contribution in [1.82, 2.24) is 5.32 Å². The molecule has 25 heavy (non-hydrogen) atoms. The molecule has 0 unspecified atom stereocenters. The smallest absolute Gasteiger partial charge is 0.191 e. The van der Waals surface area contributed by atoms with Crippen molar-refractivity contribution in [1.29, 1.82) is 0 Å². The molecule has 0 aliphatic carbocycles. The number of methoxy groups -OCH3 is 2. The number of benzene rings is 2. The second kappa shape index (κ2) is 6.63. The largest absolute Gasteiger partial charge is 0.497 e. The van der Waals surface area contributed by atoms with Crippen LogP contribution >= 0.6 is 0 Å². The van der Waals surface area contributed by atoms with E-state index in [9.17, 15) is 4.79 Å². The highest BCUT2D eigenvalue weighted by atomic mass is 16.5. The summed E-state index contributed by atoms with van der Waals surface area (Å²) in [6, 6.07) is 13.4. The minimum Gasteiger partial charge on any atom is -0.497 e. The van der Waals surface area contributed by atoms with Crippen LogP contribution in [0, 0.1) is 0 Å². The molecule has 0 radical (unpaired) electrons. The Bertz CT molecular complexity index is 837. The predicted octanol–water partition coefficient (Wildman–Crippen LogP) is 3.85. The van der Waals surface area contributed by atoms with E-state index in [2.05, 4.69) is 25.2 Å². The van der Waals surface area contributed by atoms with Gasteiger partial charge in [-0.2, -0.15) is 0 Å². The van der Waals surface area contributed by atoms with E-state index in [1.165, 1.54) is 5.56 Å². The lowest BCUT2D eigenvalue weighted by Gasteiger charge is -2.35. The summed E-state index contributed by atoms with van der Waals surface area (Å²) in [4.78, 5) is 12.9. The number of rotatable bonds is 4. The van der Waals surface area contributed by atoms with Crippen LogP contribution in [0.15, 0.2) is 48.5 Å². The van der Waals surface area contributed by atoms with Crippen molar-refractivity contribution in [2.75, 3.05) is 14.2 Å². The van der Waals surface area contributed by atoms with E-state index >= 15 is 0 Å². The summed E-state index contributed by atoms with van der Waals surface area (Å²) in [5, 5.41) is 3.48. The lowest BCUT2D eigenvalue weighted by atomic mass is 9.85. The van der Waals surface area contributed by atoms with Gasteiger partial charge in [0.2, 0.25) is 0 Å². The summed E-state index contributed by atoms with van der Waals surface area (Å²) < 4.78 is 10.6. The fourth-order valence-corrected chi connectivity index (χ4v) is 3.21. The van der Waals surface area contributed by atoms with Crippen LogP contribution in [-0.2, 0) is 6.42 Å². The quantitative estimate of drug-likeness (QED) is 0.680. The van der Waals surface area contributed by atoms with Crippen molar-refractivity contribution in [3.63, 3.8) is 0 Å². The van der Waals surface area contributed by atoms with Gasteiger partial charge >= 0.3 is 0 Å². The van der Waals surface area contributed by atoms with E-state index in [1.54, 1.807) is 38.5 Å². The number of carbonyl (C=O) groups is 1. The van der Waals surface area contributed by atoms with Gasteiger partial charge in [0.25, 0.3) is 0 Å². The number of hydrogen-bond donors (Lipinski definition) is 1. The van der Waals surface area contributed by atoms with Gasteiger partial charge in [0.1, 0.15) is 11.5 Å². The van der Waals surface area contributed by atoms with Gasteiger partial charge in [0.15, 0.2) is 5.78 Å². The summed E-state index contributed by atoms with van der Waals surface area (Å²) in [5.74, 6) is 1.06. The molecule has 0 aromatic heterocycles. The Morgan fingerprint density at radius 1 is 1.12 bits per heavy atom. The second-order valence-electron chi connectivity index (χ2n) is 6.83. The minimum atomic E-state index is -0.107. The van der Waals surface area contributed by atoms with Gasteiger partial charge in [-0.25, -0.2) is 0 Å². The summed E-state index contributed by atoms with van der Waals surface area (Å²) in [7, 11) is 3.14. The van der Waals surface area contributed by atoms with Gasteiger partial charge in [-0.3, -0.25) is 4.79 Å². The van der Waals surface area contributed by atoms with Crippen molar-refractivity contribution in [3.8, 4) is 11.5 Å². The highest BCUT2D eigenvalue weighted by Crippen LogP contribution is 2.31. The lowest BCUT2D eigenvalue weighted by molar-refractivity contribution is 0.104. The highest BCUT2D eigenvalue weighted by molar-refractivity contribution is 6.10. The Morgan fingerprint density at radius 2 is 1.88 bits per heavy atom. The van der Waals surface area contributed by atoms with E-state index < -0.39 is 0 Å². The molecule has 0 spiro atoms. The molecule has 1 N–H and O–H groups in total. The van der Waals surface area contributed by atoms with Crippen LogP contribution in [0.1, 0.15) is 35.3 Å². The fraction of sp³-hybridized carbons (Fsp3) is 0.286. The lowest BCUT2D eigenvalue weighted by Crippen LogP contribution is -2.43. The number of fused-ring (bicyclic) bond motifs is 1. The maximum Gasteiger partial charge on any atom is 0.191 e. The molecule has 1 heterocycles. The van der Waals surface area contributed by atoms with Crippen LogP contribution in [0.4, 0.5) is 0 Å². The molecular formula is C21H23NO3. The van der Waals surface area contributed by atoms with Crippen molar-refractivity contribution >= 4 is 11.5 Å². The number of ketones is 1. The first kappa shape index (κ1) is 17.1. The third-order valence-electron chi connectivity index (χ3n) is 4.36. The number of ether oxygens (including phenoxy) is 2. The molecular weight excluding hydrogens is 314 g/mol. The SMILES string of the molecule is COc1ccc(C(=O)/C=C2\NC(C)(C)Cc3ccccc32)c(OC)c1. The van der Waals surface area contributed by atoms with Gasteiger partial charge < -0.3 is 14.8 Å². The van der Waals surface area contributed by atoms with Gasteiger partial charge in [0.05, 0.1) is 19.8 Å². The first-order valence-electron chi connectivity index (χ1n) is 8.28. The summed E-state index contributed by atoms with van der Waals surface area (Å²) in [6.07, 6.45) is 2.57. The monoisotopic (exact) mass is 337 g/mol. The van der Waals surface area contributed by atoms with Gasteiger partial charge in [-0.05, 0) is 38.0 Å². The molecule has 1 aliphatic rings. The molecule has 3 rings (SSSR count). The third kappa shape index (κ3) is 3.53. The molecule has 0 saturated carbocycles. The van der Waals surface area contributed by atoms with Crippen molar-refractivity contribution in [2.45, 2.75) is 25.8 Å². The second-order valence-corrected chi connectivity index (χ2v) is 6.83. The highest BCUT2D eigenvalue weighted by Gasteiger charge is 2.28. The molecule has 130 valence electrons. The first-order valence-corrected chi connectivity index (χ1v) is 8.28. The Morgan fingerprint density at radius 3 is 2.60 bits per heavy atom. The Balaban J connectivity index is 2.02. The van der Waals surface area contributed by atoms with E-state index in [1.807, 2.05) is 18.2 Å². The topological polar surface area (TPSA) is 47.6 Å². The van der Waals surface area contributed by atoms with Gasteiger partial charge in [0, 0.05) is 28.9 Å². The average Bonchev–Trinajstić information content (AvgIpc) is 2.60. The van der Waals surface area contributed by atoms with Crippen molar-refractivity contribution < 1.29 is 14.3 Å². The zero-order valence-corrected chi connectivity index (χ0v) is 15.1. The third-order valence-corrected chi connectivity index (χ3v) is 4.36. The van der Waals surface area contributed by atoms with Gasteiger partial charge in [-0.15, -0.1) is 0 Å². The molecule has 0 fully saturated rings. The van der Waals surface area contributed by atoms with Crippen LogP contribution in [0.5, 0.6) is 11.5 Å². The van der Waals surface area contributed by atoms with E-state index in [-0.39, 0.29) is 11.3 Å². The van der Waals surface area contributed by atoms with Crippen molar-refractivity contribution in [2.24, 2.45) is 0 Å². The Labute approximate surface area is 148 Å². The number of carbonyl (C=O) groups excluding carboxylic acids is 1. The molecule has 1 aliphatic heterocycles.